The minimum Gasteiger partial charge on any atom is -0.504 e. The highest BCUT2D eigenvalue weighted by Crippen LogP contribution is 2.28. The molecular weight excluding hydrogens is 202 g/mol. The molecule has 1 aromatic rings. The first kappa shape index (κ1) is 12.6. The van der Waals surface area contributed by atoms with Crippen molar-refractivity contribution in [2.24, 2.45) is 0 Å². The summed E-state index contributed by atoms with van der Waals surface area (Å²) in [5, 5.41) is 13.1. The first-order valence-corrected chi connectivity index (χ1v) is 5.46. The highest BCUT2D eigenvalue weighted by atomic mass is 16.5. The van der Waals surface area contributed by atoms with Gasteiger partial charge in [-0.15, -0.1) is 0 Å². The molecule has 0 radical (unpaired) electrons. The summed E-state index contributed by atoms with van der Waals surface area (Å²) < 4.78 is 5.04. The maximum Gasteiger partial charge on any atom is 0.162 e. The number of hydrogen-bond donors (Lipinski definition) is 2. The number of para-hydroxylation sites is 1. The van der Waals surface area contributed by atoms with Gasteiger partial charge in [-0.2, -0.15) is 0 Å². The van der Waals surface area contributed by atoms with Gasteiger partial charge in [-0.3, -0.25) is 0 Å². The van der Waals surface area contributed by atoms with Crippen LogP contribution < -0.4 is 10.1 Å². The van der Waals surface area contributed by atoms with Gasteiger partial charge < -0.3 is 15.2 Å². The molecule has 3 nitrogen and oxygen atoms in total. The lowest BCUT2D eigenvalue weighted by molar-refractivity contribution is 0.369. The van der Waals surface area contributed by atoms with Gasteiger partial charge in [0.2, 0.25) is 0 Å². The molecule has 88 valence electrons. The monoisotopic (exact) mass is 221 g/mol. The van der Waals surface area contributed by atoms with Gasteiger partial charge in [-0.05, 0) is 26.0 Å². The van der Waals surface area contributed by atoms with Crippen LogP contribution >= 0.6 is 0 Å². The second-order valence-corrected chi connectivity index (χ2v) is 3.50. The molecule has 0 spiro atoms. The van der Waals surface area contributed by atoms with Crippen LogP contribution in [-0.2, 0) is 6.54 Å². The minimum absolute atomic E-state index is 0.225. The number of phenols is 1. The summed E-state index contributed by atoms with van der Waals surface area (Å²) in [4.78, 5) is 0. The van der Waals surface area contributed by atoms with E-state index in [2.05, 4.69) is 11.4 Å². The fourth-order valence-electron chi connectivity index (χ4n) is 1.45. The van der Waals surface area contributed by atoms with E-state index < -0.39 is 0 Å². The first-order chi connectivity index (χ1) is 7.79. The van der Waals surface area contributed by atoms with Crippen LogP contribution in [0.5, 0.6) is 11.5 Å². The third-order valence-electron chi connectivity index (χ3n) is 2.34. The highest BCUT2D eigenvalue weighted by Gasteiger charge is 2.05. The largest absolute Gasteiger partial charge is 0.504 e. The Morgan fingerprint density at radius 3 is 2.94 bits per heavy atom. The Morgan fingerprint density at radius 2 is 2.25 bits per heavy atom. The lowest BCUT2D eigenvalue weighted by atomic mass is 10.2. The molecule has 1 aromatic carbocycles. The SMILES string of the molecule is C/C=C/CCNCc1cccc(OC)c1O. The third kappa shape index (κ3) is 3.59. The number of hydrogen-bond acceptors (Lipinski definition) is 3. The van der Waals surface area contributed by atoms with E-state index in [0.29, 0.717) is 12.3 Å². The zero-order valence-electron chi connectivity index (χ0n) is 9.86. The number of benzene rings is 1. The minimum atomic E-state index is 0.225. The molecule has 0 saturated carbocycles. The van der Waals surface area contributed by atoms with Gasteiger partial charge in [0.25, 0.3) is 0 Å². The molecule has 0 aliphatic carbocycles. The predicted molar refractivity (Wildman–Crippen MR) is 65.8 cm³/mol. The fourth-order valence-corrected chi connectivity index (χ4v) is 1.45. The van der Waals surface area contributed by atoms with Crippen molar-refractivity contribution >= 4 is 0 Å². The van der Waals surface area contributed by atoms with Crippen molar-refractivity contribution in [2.45, 2.75) is 19.9 Å². The molecule has 3 heteroatoms. The molecule has 0 amide bonds. The molecule has 0 unspecified atom stereocenters. The lowest BCUT2D eigenvalue weighted by Crippen LogP contribution is -2.14. The topological polar surface area (TPSA) is 41.5 Å². The Morgan fingerprint density at radius 1 is 1.44 bits per heavy atom. The number of nitrogens with one attached hydrogen (secondary N) is 1. The molecule has 0 aromatic heterocycles. The van der Waals surface area contributed by atoms with Gasteiger partial charge in [0.1, 0.15) is 0 Å². The summed E-state index contributed by atoms with van der Waals surface area (Å²) in [6.45, 7) is 3.56. The van der Waals surface area contributed by atoms with Gasteiger partial charge >= 0.3 is 0 Å². The van der Waals surface area contributed by atoms with Crippen LogP contribution in [0.15, 0.2) is 30.4 Å². The van der Waals surface area contributed by atoms with E-state index in [9.17, 15) is 5.11 Å². The van der Waals surface area contributed by atoms with Gasteiger partial charge in [0, 0.05) is 12.1 Å². The van der Waals surface area contributed by atoms with E-state index in [4.69, 9.17) is 4.74 Å². The quantitative estimate of drug-likeness (QED) is 0.572. The van der Waals surface area contributed by atoms with Gasteiger partial charge in [-0.1, -0.05) is 24.3 Å². The molecule has 0 aliphatic rings. The van der Waals surface area contributed by atoms with Crippen molar-refractivity contribution in [3.05, 3.63) is 35.9 Å². The molecule has 1 rings (SSSR count). The average Bonchev–Trinajstić information content (AvgIpc) is 2.31. The summed E-state index contributed by atoms with van der Waals surface area (Å²) in [5.41, 5.74) is 0.861. The van der Waals surface area contributed by atoms with Crippen molar-refractivity contribution in [3.63, 3.8) is 0 Å². The van der Waals surface area contributed by atoms with Gasteiger partial charge in [0.05, 0.1) is 7.11 Å². The molecule has 0 bridgehead atoms. The number of phenolic OH excluding ortho intramolecular Hbond substituents is 1. The van der Waals surface area contributed by atoms with Crippen LogP contribution in [0.1, 0.15) is 18.9 Å². The van der Waals surface area contributed by atoms with E-state index in [1.165, 1.54) is 0 Å². The Kier molecular flexibility index (Phi) is 5.43. The summed E-state index contributed by atoms with van der Waals surface area (Å²) >= 11 is 0. The smallest absolute Gasteiger partial charge is 0.162 e. The number of aromatic hydroxyl groups is 1. The molecule has 0 atom stereocenters. The highest BCUT2D eigenvalue weighted by molar-refractivity contribution is 5.45. The zero-order chi connectivity index (χ0) is 11.8. The maximum absolute atomic E-state index is 9.81. The second kappa shape index (κ2) is 6.90. The predicted octanol–water partition coefficient (Wildman–Crippen LogP) is 2.46. The fraction of sp³-hybridized carbons (Fsp3) is 0.385. The average molecular weight is 221 g/mol. The molecular formula is C13H19NO2. The zero-order valence-corrected chi connectivity index (χ0v) is 9.86. The van der Waals surface area contributed by atoms with Crippen LogP contribution in [0.4, 0.5) is 0 Å². The molecule has 16 heavy (non-hydrogen) atoms. The van der Waals surface area contributed by atoms with E-state index in [-0.39, 0.29) is 5.75 Å². The Bertz CT molecular complexity index is 348. The van der Waals surface area contributed by atoms with Crippen LogP contribution in [0.3, 0.4) is 0 Å². The Hall–Kier alpha value is -1.48. The molecule has 2 N–H and O–H groups in total. The van der Waals surface area contributed by atoms with Crippen LogP contribution in [0.25, 0.3) is 0 Å². The van der Waals surface area contributed by atoms with Crippen molar-refractivity contribution in [1.29, 1.82) is 0 Å². The third-order valence-corrected chi connectivity index (χ3v) is 2.34. The van der Waals surface area contributed by atoms with Crippen molar-refractivity contribution in [1.82, 2.24) is 5.32 Å². The molecule has 0 fully saturated rings. The van der Waals surface area contributed by atoms with E-state index >= 15 is 0 Å². The van der Waals surface area contributed by atoms with Crippen LogP contribution in [-0.4, -0.2) is 18.8 Å². The van der Waals surface area contributed by atoms with Crippen LogP contribution in [0, 0.1) is 0 Å². The molecule has 0 heterocycles. The standard InChI is InChI=1S/C13H19NO2/c1-3-4-5-9-14-10-11-7-6-8-12(16-2)13(11)15/h3-4,6-8,14-15H,5,9-10H2,1-2H3/b4-3+. The number of methoxy groups -OCH3 is 1. The summed E-state index contributed by atoms with van der Waals surface area (Å²) in [6.07, 6.45) is 5.14. The van der Waals surface area contributed by atoms with Gasteiger partial charge in [0.15, 0.2) is 11.5 Å². The van der Waals surface area contributed by atoms with E-state index in [0.717, 1.165) is 18.5 Å². The molecule has 0 saturated heterocycles. The maximum atomic E-state index is 9.81. The van der Waals surface area contributed by atoms with Crippen LogP contribution in [0.2, 0.25) is 0 Å². The normalized spacial score (nSPS) is 10.9. The number of rotatable bonds is 6. The summed E-state index contributed by atoms with van der Waals surface area (Å²) in [5.74, 6) is 0.747. The number of ether oxygens (including phenoxy) is 1. The van der Waals surface area contributed by atoms with Crippen molar-refractivity contribution < 1.29 is 9.84 Å². The summed E-state index contributed by atoms with van der Waals surface area (Å²) in [6, 6.07) is 5.51. The Balaban J connectivity index is 2.47. The molecule has 0 aliphatic heterocycles. The Labute approximate surface area is 96.8 Å². The lowest BCUT2D eigenvalue weighted by Gasteiger charge is -2.09. The van der Waals surface area contributed by atoms with Crippen molar-refractivity contribution in [2.75, 3.05) is 13.7 Å². The summed E-state index contributed by atoms with van der Waals surface area (Å²) in [7, 11) is 1.55. The number of allylic oxidation sites excluding steroid dienone is 1. The second-order valence-electron chi connectivity index (χ2n) is 3.50. The van der Waals surface area contributed by atoms with E-state index in [1.54, 1.807) is 13.2 Å². The van der Waals surface area contributed by atoms with E-state index in [1.807, 2.05) is 25.1 Å². The van der Waals surface area contributed by atoms with Gasteiger partial charge in [-0.25, -0.2) is 0 Å². The first-order valence-electron chi connectivity index (χ1n) is 5.46. The van der Waals surface area contributed by atoms with Crippen molar-refractivity contribution in [3.8, 4) is 11.5 Å².